The summed E-state index contributed by atoms with van der Waals surface area (Å²) in [6, 6.07) is 5.92. The monoisotopic (exact) mass is 294 g/mol. The lowest BCUT2D eigenvalue weighted by Crippen LogP contribution is -2.56. The van der Waals surface area contributed by atoms with Crippen LogP contribution >= 0.6 is 11.6 Å². The van der Waals surface area contributed by atoms with E-state index in [1.165, 1.54) is 18.4 Å². The fourth-order valence-corrected chi connectivity index (χ4v) is 3.73. The Morgan fingerprint density at radius 2 is 2.15 bits per heavy atom. The number of piperidine rings is 1. The molecule has 2 heterocycles. The lowest BCUT2D eigenvalue weighted by molar-refractivity contribution is 0.0228. The van der Waals surface area contributed by atoms with Crippen molar-refractivity contribution < 1.29 is 4.74 Å². The van der Waals surface area contributed by atoms with Crippen molar-refractivity contribution in [2.45, 2.75) is 31.7 Å². The SMILES string of the molecule is CC1CCN(C2(CN)CCOc3ccc(Cl)cc32)CC1. The first-order valence-corrected chi connectivity index (χ1v) is 7.91. The molecule has 1 aromatic carbocycles. The predicted molar refractivity (Wildman–Crippen MR) is 82.3 cm³/mol. The van der Waals surface area contributed by atoms with Crippen LogP contribution in [0.15, 0.2) is 18.2 Å². The molecule has 1 unspecified atom stereocenters. The van der Waals surface area contributed by atoms with Crippen molar-refractivity contribution in [1.82, 2.24) is 4.90 Å². The van der Waals surface area contributed by atoms with Crippen LogP contribution in [0.5, 0.6) is 5.75 Å². The summed E-state index contributed by atoms with van der Waals surface area (Å²) in [4.78, 5) is 2.56. The third-order valence-electron chi connectivity index (χ3n) is 4.94. The summed E-state index contributed by atoms with van der Waals surface area (Å²) in [5, 5.41) is 0.762. The second-order valence-electron chi connectivity index (χ2n) is 6.14. The molecule has 4 heteroatoms. The molecule has 20 heavy (non-hydrogen) atoms. The van der Waals surface area contributed by atoms with Gasteiger partial charge in [0, 0.05) is 23.6 Å². The molecule has 2 aliphatic rings. The van der Waals surface area contributed by atoms with Crippen LogP contribution in [0.4, 0.5) is 0 Å². The van der Waals surface area contributed by atoms with Gasteiger partial charge < -0.3 is 10.5 Å². The maximum absolute atomic E-state index is 6.23. The fraction of sp³-hybridized carbons (Fsp3) is 0.625. The van der Waals surface area contributed by atoms with E-state index in [4.69, 9.17) is 22.1 Å². The van der Waals surface area contributed by atoms with Crippen LogP contribution < -0.4 is 10.5 Å². The number of hydrogen-bond acceptors (Lipinski definition) is 3. The Balaban J connectivity index is 1.99. The third kappa shape index (κ3) is 2.32. The van der Waals surface area contributed by atoms with Gasteiger partial charge in [-0.15, -0.1) is 0 Å². The van der Waals surface area contributed by atoms with E-state index in [2.05, 4.69) is 11.8 Å². The number of fused-ring (bicyclic) bond motifs is 1. The Hall–Kier alpha value is -0.770. The van der Waals surface area contributed by atoms with Crippen LogP contribution in [0.2, 0.25) is 5.02 Å². The van der Waals surface area contributed by atoms with Crippen LogP contribution in [-0.4, -0.2) is 31.1 Å². The van der Waals surface area contributed by atoms with Crippen molar-refractivity contribution in [1.29, 1.82) is 0 Å². The Morgan fingerprint density at radius 3 is 2.85 bits per heavy atom. The number of ether oxygens (including phenoxy) is 1. The fourth-order valence-electron chi connectivity index (χ4n) is 3.56. The number of rotatable bonds is 2. The number of hydrogen-bond donors (Lipinski definition) is 1. The molecule has 0 radical (unpaired) electrons. The summed E-state index contributed by atoms with van der Waals surface area (Å²) in [5.41, 5.74) is 7.30. The average Bonchev–Trinajstić information content (AvgIpc) is 2.47. The second kappa shape index (κ2) is 5.55. The highest BCUT2D eigenvalue weighted by atomic mass is 35.5. The minimum atomic E-state index is -0.0986. The van der Waals surface area contributed by atoms with E-state index >= 15 is 0 Å². The molecule has 110 valence electrons. The zero-order valence-corrected chi connectivity index (χ0v) is 12.8. The van der Waals surface area contributed by atoms with Gasteiger partial charge in [0.2, 0.25) is 0 Å². The Kier molecular flexibility index (Phi) is 3.93. The smallest absolute Gasteiger partial charge is 0.124 e. The summed E-state index contributed by atoms with van der Waals surface area (Å²) in [7, 11) is 0. The van der Waals surface area contributed by atoms with Crippen molar-refractivity contribution in [3.05, 3.63) is 28.8 Å². The summed E-state index contributed by atoms with van der Waals surface area (Å²) in [5.74, 6) is 1.77. The molecule has 3 rings (SSSR count). The minimum absolute atomic E-state index is 0.0986. The van der Waals surface area contributed by atoms with Crippen LogP contribution in [0.3, 0.4) is 0 Å². The minimum Gasteiger partial charge on any atom is -0.493 e. The van der Waals surface area contributed by atoms with Crippen molar-refractivity contribution in [2.24, 2.45) is 11.7 Å². The summed E-state index contributed by atoms with van der Waals surface area (Å²) in [6.45, 7) is 5.92. The van der Waals surface area contributed by atoms with Gasteiger partial charge in [-0.3, -0.25) is 4.90 Å². The molecule has 1 fully saturated rings. The van der Waals surface area contributed by atoms with E-state index in [-0.39, 0.29) is 5.54 Å². The van der Waals surface area contributed by atoms with Crippen molar-refractivity contribution >= 4 is 11.6 Å². The van der Waals surface area contributed by atoms with Gasteiger partial charge in [-0.05, 0) is 50.0 Å². The van der Waals surface area contributed by atoms with E-state index in [1.54, 1.807) is 0 Å². The predicted octanol–water partition coefficient (Wildman–Crippen LogP) is 3.01. The zero-order chi connectivity index (χ0) is 14.2. The molecule has 1 atom stereocenters. The van der Waals surface area contributed by atoms with Gasteiger partial charge in [0.05, 0.1) is 12.1 Å². The second-order valence-corrected chi connectivity index (χ2v) is 6.58. The van der Waals surface area contributed by atoms with Gasteiger partial charge >= 0.3 is 0 Å². The summed E-state index contributed by atoms with van der Waals surface area (Å²) in [6.07, 6.45) is 3.45. The molecule has 2 aliphatic heterocycles. The summed E-state index contributed by atoms with van der Waals surface area (Å²) >= 11 is 6.21. The van der Waals surface area contributed by atoms with E-state index < -0.39 is 0 Å². The van der Waals surface area contributed by atoms with E-state index in [0.717, 1.165) is 42.8 Å². The molecule has 0 aliphatic carbocycles. The van der Waals surface area contributed by atoms with Gasteiger partial charge in [0.15, 0.2) is 0 Å². The Bertz CT molecular complexity index is 485. The molecule has 1 saturated heterocycles. The average molecular weight is 295 g/mol. The van der Waals surface area contributed by atoms with Crippen LogP contribution in [-0.2, 0) is 5.54 Å². The van der Waals surface area contributed by atoms with E-state index in [1.807, 2.05) is 18.2 Å². The Morgan fingerprint density at radius 1 is 1.40 bits per heavy atom. The molecule has 1 aromatic rings. The normalized spacial score (nSPS) is 27.9. The molecular formula is C16H23ClN2O. The maximum Gasteiger partial charge on any atom is 0.124 e. The van der Waals surface area contributed by atoms with Gasteiger partial charge in [0.1, 0.15) is 5.75 Å². The molecule has 0 aromatic heterocycles. The lowest BCUT2D eigenvalue weighted by Gasteiger charge is -2.49. The van der Waals surface area contributed by atoms with Gasteiger partial charge in [0.25, 0.3) is 0 Å². The van der Waals surface area contributed by atoms with Crippen LogP contribution in [0.25, 0.3) is 0 Å². The number of halogens is 1. The highest BCUT2D eigenvalue weighted by Crippen LogP contribution is 2.43. The molecule has 2 N–H and O–H groups in total. The lowest BCUT2D eigenvalue weighted by atomic mass is 9.80. The first-order valence-electron chi connectivity index (χ1n) is 7.54. The molecular weight excluding hydrogens is 272 g/mol. The molecule has 0 amide bonds. The number of nitrogens with two attached hydrogens (primary N) is 1. The number of benzene rings is 1. The molecule has 0 bridgehead atoms. The van der Waals surface area contributed by atoms with Gasteiger partial charge in [-0.25, -0.2) is 0 Å². The summed E-state index contributed by atoms with van der Waals surface area (Å²) < 4.78 is 5.81. The maximum atomic E-state index is 6.23. The quantitative estimate of drug-likeness (QED) is 0.911. The zero-order valence-electron chi connectivity index (χ0n) is 12.1. The standard InChI is InChI=1S/C16H23ClN2O/c1-12-4-7-19(8-5-12)16(11-18)6-9-20-15-3-2-13(17)10-14(15)16/h2-3,10,12H,4-9,11,18H2,1H3. The van der Waals surface area contributed by atoms with Gasteiger partial charge in [-0.1, -0.05) is 18.5 Å². The first-order chi connectivity index (χ1) is 9.65. The van der Waals surface area contributed by atoms with Crippen molar-refractivity contribution in [3.63, 3.8) is 0 Å². The van der Waals surface area contributed by atoms with Gasteiger partial charge in [-0.2, -0.15) is 0 Å². The first kappa shape index (κ1) is 14.2. The topological polar surface area (TPSA) is 38.5 Å². The van der Waals surface area contributed by atoms with Crippen molar-refractivity contribution in [3.8, 4) is 5.75 Å². The molecule has 3 nitrogen and oxygen atoms in total. The number of likely N-dealkylation sites (tertiary alicyclic amines) is 1. The Labute approximate surface area is 126 Å². The van der Waals surface area contributed by atoms with E-state index in [0.29, 0.717) is 6.54 Å². The highest BCUT2D eigenvalue weighted by Gasteiger charge is 2.42. The molecule has 0 saturated carbocycles. The van der Waals surface area contributed by atoms with Crippen LogP contribution in [0, 0.1) is 5.92 Å². The van der Waals surface area contributed by atoms with Crippen LogP contribution in [0.1, 0.15) is 31.7 Å². The largest absolute Gasteiger partial charge is 0.493 e. The van der Waals surface area contributed by atoms with Crippen molar-refractivity contribution in [2.75, 3.05) is 26.2 Å². The molecule has 0 spiro atoms. The highest BCUT2D eigenvalue weighted by molar-refractivity contribution is 6.30. The third-order valence-corrected chi connectivity index (χ3v) is 5.18. The number of nitrogens with zero attached hydrogens (tertiary/aromatic N) is 1. The van der Waals surface area contributed by atoms with E-state index in [9.17, 15) is 0 Å².